The minimum absolute atomic E-state index is 0.654. The lowest BCUT2D eigenvalue weighted by Gasteiger charge is -2.34. The highest BCUT2D eigenvalue weighted by Gasteiger charge is 2.45. The molecule has 0 aliphatic carbocycles. The predicted molar refractivity (Wildman–Crippen MR) is 69.3 cm³/mol. The van der Waals surface area contributed by atoms with Crippen molar-refractivity contribution in [2.24, 2.45) is 0 Å². The van der Waals surface area contributed by atoms with E-state index in [1.165, 1.54) is 5.56 Å². The standard InChI is InChI=1S/C14H20N2O2/c1-3-14(13(17)18)6-4-8-16(14)10-12-9-15-7-5-11(12)2/h5,7,9H,3-4,6,8,10H2,1-2H3,(H,17,18). The maximum atomic E-state index is 11.6. The zero-order chi connectivity index (χ0) is 13.2. The van der Waals surface area contributed by atoms with Gasteiger partial charge in [-0.25, -0.2) is 0 Å². The lowest BCUT2D eigenvalue weighted by molar-refractivity contribution is -0.150. The van der Waals surface area contributed by atoms with Crippen LogP contribution in [0.15, 0.2) is 18.5 Å². The fourth-order valence-electron chi connectivity index (χ4n) is 2.83. The number of carbonyl (C=O) groups is 1. The third-order valence-corrected chi connectivity index (χ3v) is 4.12. The summed E-state index contributed by atoms with van der Waals surface area (Å²) in [5.41, 5.74) is 1.62. The maximum Gasteiger partial charge on any atom is 0.324 e. The molecule has 1 unspecified atom stereocenters. The van der Waals surface area contributed by atoms with Gasteiger partial charge < -0.3 is 5.11 Å². The first-order valence-electron chi connectivity index (χ1n) is 6.48. The summed E-state index contributed by atoms with van der Waals surface area (Å²) in [6.45, 7) is 5.54. The summed E-state index contributed by atoms with van der Waals surface area (Å²) < 4.78 is 0. The van der Waals surface area contributed by atoms with Crippen LogP contribution in [0.25, 0.3) is 0 Å². The number of hydrogen-bond donors (Lipinski definition) is 1. The van der Waals surface area contributed by atoms with Gasteiger partial charge in [0.2, 0.25) is 0 Å². The van der Waals surface area contributed by atoms with Gasteiger partial charge in [0.05, 0.1) is 0 Å². The number of hydrogen-bond acceptors (Lipinski definition) is 3. The molecule has 4 nitrogen and oxygen atoms in total. The highest BCUT2D eigenvalue weighted by Crippen LogP contribution is 2.34. The third kappa shape index (κ3) is 2.12. The van der Waals surface area contributed by atoms with E-state index < -0.39 is 11.5 Å². The Kier molecular flexibility index (Phi) is 3.66. The van der Waals surface area contributed by atoms with Crippen LogP contribution in [0.5, 0.6) is 0 Å². The van der Waals surface area contributed by atoms with Gasteiger partial charge in [0.25, 0.3) is 0 Å². The number of pyridine rings is 1. The van der Waals surface area contributed by atoms with Crippen LogP contribution < -0.4 is 0 Å². The van der Waals surface area contributed by atoms with Gasteiger partial charge in [0.1, 0.15) is 5.54 Å². The first kappa shape index (κ1) is 13.0. The number of aliphatic carboxylic acids is 1. The van der Waals surface area contributed by atoms with Crippen LogP contribution in [0.1, 0.15) is 37.3 Å². The van der Waals surface area contributed by atoms with Gasteiger partial charge in [0.15, 0.2) is 0 Å². The lowest BCUT2D eigenvalue weighted by atomic mass is 9.92. The molecule has 0 aromatic carbocycles. The van der Waals surface area contributed by atoms with E-state index >= 15 is 0 Å². The molecule has 1 saturated heterocycles. The van der Waals surface area contributed by atoms with Gasteiger partial charge in [-0.05, 0) is 49.9 Å². The Morgan fingerprint density at radius 1 is 1.61 bits per heavy atom. The average Bonchev–Trinajstić information content (AvgIpc) is 2.76. The van der Waals surface area contributed by atoms with Crippen LogP contribution in [0, 0.1) is 6.92 Å². The topological polar surface area (TPSA) is 53.4 Å². The van der Waals surface area contributed by atoms with E-state index in [0.717, 1.165) is 24.9 Å². The van der Waals surface area contributed by atoms with Crippen molar-refractivity contribution in [3.05, 3.63) is 29.6 Å². The Hall–Kier alpha value is -1.42. The first-order valence-corrected chi connectivity index (χ1v) is 6.48. The maximum absolute atomic E-state index is 11.6. The molecular formula is C14H20N2O2. The molecule has 1 fully saturated rings. The molecule has 2 heterocycles. The Morgan fingerprint density at radius 2 is 2.39 bits per heavy atom. The van der Waals surface area contributed by atoms with Crippen molar-refractivity contribution in [3.63, 3.8) is 0 Å². The van der Waals surface area contributed by atoms with E-state index in [2.05, 4.69) is 9.88 Å². The number of aromatic nitrogens is 1. The zero-order valence-electron chi connectivity index (χ0n) is 11.0. The van der Waals surface area contributed by atoms with Crippen LogP contribution in [-0.4, -0.2) is 33.0 Å². The molecule has 0 radical (unpaired) electrons. The van der Waals surface area contributed by atoms with E-state index in [0.29, 0.717) is 13.0 Å². The molecule has 2 rings (SSSR count). The number of carboxylic acids is 1. The molecule has 98 valence electrons. The molecule has 1 aliphatic rings. The molecular weight excluding hydrogens is 228 g/mol. The van der Waals surface area contributed by atoms with E-state index in [1.54, 1.807) is 6.20 Å². The summed E-state index contributed by atoms with van der Waals surface area (Å²) in [7, 11) is 0. The highest BCUT2D eigenvalue weighted by molar-refractivity contribution is 5.79. The van der Waals surface area contributed by atoms with Crippen LogP contribution in [0.3, 0.4) is 0 Å². The van der Waals surface area contributed by atoms with Crippen LogP contribution in [-0.2, 0) is 11.3 Å². The molecule has 1 aromatic rings. The molecule has 1 N–H and O–H groups in total. The zero-order valence-corrected chi connectivity index (χ0v) is 11.0. The van der Waals surface area contributed by atoms with Crippen molar-refractivity contribution in [2.45, 2.75) is 45.2 Å². The summed E-state index contributed by atoms with van der Waals surface area (Å²) in [5, 5.41) is 9.52. The van der Waals surface area contributed by atoms with E-state index in [-0.39, 0.29) is 0 Å². The monoisotopic (exact) mass is 248 g/mol. The first-order chi connectivity index (χ1) is 8.60. The van der Waals surface area contributed by atoms with Crippen molar-refractivity contribution < 1.29 is 9.90 Å². The normalized spacial score (nSPS) is 24.3. The van der Waals surface area contributed by atoms with Crippen molar-refractivity contribution in [2.75, 3.05) is 6.54 Å². The molecule has 0 saturated carbocycles. The molecule has 1 atom stereocenters. The minimum Gasteiger partial charge on any atom is -0.480 e. The largest absolute Gasteiger partial charge is 0.480 e. The van der Waals surface area contributed by atoms with E-state index in [1.807, 2.05) is 26.1 Å². The molecule has 18 heavy (non-hydrogen) atoms. The minimum atomic E-state index is -0.691. The quantitative estimate of drug-likeness (QED) is 0.887. The number of likely N-dealkylation sites (tertiary alicyclic amines) is 1. The number of rotatable bonds is 4. The second kappa shape index (κ2) is 5.06. The van der Waals surface area contributed by atoms with Gasteiger partial charge >= 0.3 is 5.97 Å². The summed E-state index contributed by atoms with van der Waals surface area (Å²) in [4.78, 5) is 17.8. The highest BCUT2D eigenvalue weighted by atomic mass is 16.4. The van der Waals surface area contributed by atoms with E-state index in [9.17, 15) is 9.90 Å². The fourth-order valence-corrected chi connectivity index (χ4v) is 2.83. The fraction of sp³-hybridized carbons (Fsp3) is 0.571. The molecule has 0 spiro atoms. The molecule has 0 bridgehead atoms. The molecule has 0 amide bonds. The van der Waals surface area contributed by atoms with Gasteiger partial charge in [-0.1, -0.05) is 6.92 Å². The van der Waals surface area contributed by atoms with Crippen LogP contribution >= 0.6 is 0 Å². The molecule has 1 aliphatic heterocycles. The van der Waals surface area contributed by atoms with Crippen molar-refractivity contribution in [1.82, 2.24) is 9.88 Å². The van der Waals surface area contributed by atoms with Crippen molar-refractivity contribution >= 4 is 5.97 Å². The number of nitrogens with zero attached hydrogens (tertiary/aromatic N) is 2. The Morgan fingerprint density at radius 3 is 3.00 bits per heavy atom. The van der Waals surface area contributed by atoms with Crippen molar-refractivity contribution in [1.29, 1.82) is 0 Å². The summed E-state index contributed by atoms with van der Waals surface area (Å²) in [6.07, 6.45) is 5.97. The second-order valence-electron chi connectivity index (χ2n) is 5.02. The number of aryl methyl sites for hydroxylation is 1. The smallest absolute Gasteiger partial charge is 0.324 e. The van der Waals surface area contributed by atoms with Crippen LogP contribution in [0.4, 0.5) is 0 Å². The van der Waals surface area contributed by atoms with Gasteiger partial charge in [-0.3, -0.25) is 14.7 Å². The van der Waals surface area contributed by atoms with Gasteiger partial charge in [-0.15, -0.1) is 0 Å². The third-order valence-electron chi connectivity index (χ3n) is 4.12. The SMILES string of the molecule is CCC1(C(=O)O)CCCN1Cc1cnccc1C. The summed E-state index contributed by atoms with van der Waals surface area (Å²) in [5.74, 6) is -0.691. The van der Waals surface area contributed by atoms with Gasteiger partial charge in [-0.2, -0.15) is 0 Å². The summed E-state index contributed by atoms with van der Waals surface area (Å²) >= 11 is 0. The van der Waals surface area contributed by atoms with Gasteiger partial charge in [0, 0.05) is 18.9 Å². The lowest BCUT2D eigenvalue weighted by Crippen LogP contribution is -2.49. The number of carboxylic acid groups (broad SMARTS) is 1. The average molecular weight is 248 g/mol. The van der Waals surface area contributed by atoms with Crippen LogP contribution in [0.2, 0.25) is 0 Å². The van der Waals surface area contributed by atoms with E-state index in [4.69, 9.17) is 0 Å². The Balaban J connectivity index is 2.23. The predicted octanol–water partition coefficient (Wildman–Crippen LogP) is 2.22. The second-order valence-corrected chi connectivity index (χ2v) is 5.02. The van der Waals surface area contributed by atoms with Crippen molar-refractivity contribution in [3.8, 4) is 0 Å². The summed E-state index contributed by atoms with van der Waals surface area (Å²) in [6, 6.07) is 1.97. The Labute approximate surface area is 108 Å². The Bertz CT molecular complexity index is 447. The molecule has 1 aromatic heterocycles. The molecule has 4 heteroatoms.